The zero-order valence-electron chi connectivity index (χ0n) is 10.1. The molecular formula is C9H20N2O4S2. The fourth-order valence-corrected chi connectivity index (χ4v) is 4.77. The molecule has 2 N–H and O–H groups in total. The van der Waals surface area contributed by atoms with Gasteiger partial charge >= 0.3 is 0 Å². The quantitative estimate of drug-likeness (QED) is 0.649. The molecule has 0 bridgehead atoms. The number of hydrogen-bond acceptors (Lipinski definition) is 5. The Kier molecular flexibility index (Phi) is 4.94. The van der Waals surface area contributed by atoms with Gasteiger partial charge in [0, 0.05) is 12.3 Å². The van der Waals surface area contributed by atoms with Crippen molar-refractivity contribution in [3.05, 3.63) is 0 Å². The lowest BCUT2D eigenvalue weighted by Crippen LogP contribution is -2.41. The van der Waals surface area contributed by atoms with Gasteiger partial charge in [0.05, 0.1) is 11.5 Å². The third kappa shape index (κ3) is 5.80. The van der Waals surface area contributed by atoms with Gasteiger partial charge in [-0.15, -0.1) is 0 Å². The Morgan fingerprint density at radius 3 is 2.41 bits per heavy atom. The number of sulfone groups is 1. The second-order valence-electron chi connectivity index (χ2n) is 4.61. The first-order valence-electron chi connectivity index (χ1n) is 5.58. The molecule has 0 aromatic heterocycles. The lowest BCUT2D eigenvalue weighted by Gasteiger charge is -2.19. The first-order chi connectivity index (χ1) is 7.70. The minimum atomic E-state index is -3.51. The summed E-state index contributed by atoms with van der Waals surface area (Å²) in [6.07, 6.45) is 1.97. The molecule has 6 nitrogen and oxygen atoms in total. The highest BCUT2D eigenvalue weighted by molar-refractivity contribution is 7.93. The third-order valence-electron chi connectivity index (χ3n) is 2.89. The van der Waals surface area contributed by atoms with Crippen molar-refractivity contribution in [3.8, 4) is 0 Å². The molecular weight excluding hydrogens is 264 g/mol. The lowest BCUT2D eigenvalue weighted by atomic mass is 10.0. The van der Waals surface area contributed by atoms with Crippen LogP contribution >= 0.6 is 0 Å². The summed E-state index contributed by atoms with van der Waals surface area (Å²) in [5.41, 5.74) is 0. The topological polar surface area (TPSA) is 92.3 Å². The van der Waals surface area contributed by atoms with E-state index in [0.29, 0.717) is 0 Å². The van der Waals surface area contributed by atoms with E-state index in [1.807, 2.05) is 6.92 Å². The summed E-state index contributed by atoms with van der Waals surface area (Å²) in [7, 11) is -6.75. The standard InChI is InChI=1S/C9H20N2O4S2/c1-8(9-3-4-10-7-9)11-17(14,15)6-5-16(2,12)13/h8-11H,3-7H2,1-2H3. The van der Waals surface area contributed by atoms with E-state index in [0.717, 1.165) is 25.8 Å². The van der Waals surface area contributed by atoms with Crippen molar-refractivity contribution in [1.29, 1.82) is 0 Å². The van der Waals surface area contributed by atoms with Crippen LogP contribution in [0.5, 0.6) is 0 Å². The zero-order chi connectivity index (χ0) is 13.1. The highest BCUT2D eigenvalue weighted by atomic mass is 32.2. The minimum absolute atomic E-state index is 0.158. The van der Waals surface area contributed by atoms with Crippen LogP contribution in [0.25, 0.3) is 0 Å². The highest BCUT2D eigenvalue weighted by Gasteiger charge is 2.25. The van der Waals surface area contributed by atoms with E-state index in [1.54, 1.807) is 0 Å². The van der Waals surface area contributed by atoms with Gasteiger partial charge in [-0.25, -0.2) is 21.6 Å². The molecule has 1 rings (SSSR count). The van der Waals surface area contributed by atoms with Gasteiger partial charge in [0.1, 0.15) is 9.84 Å². The maximum absolute atomic E-state index is 11.6. The van der Waals surface area contributed by atoms with Crippen molar-refractivity contribution in [2.45, 2.75) is 19.4 Å². The molecule has 17 heavy (non-hydrogen) atoms. The molecule has 1 heterocycles. The van der Waals surface area contributed by atoms with Crippen molar-refractivity contribution in [2.24, 2.45) is 5.92 Å². The molecule has 2 atom stereocenters. The Bertz CT molecular complexity index is 438. The molecule has 1 aliphatic heterocycles. The van der Waals surface area contributed by atoms with Crippen LogP contribution in [0.2, 0.25) is 0 Å². The largest absolute Gasteiger partial charge is 0.316 e. The summed E-state index contributed by atoms with van der Waals surface area (Å²) in [4.78, 5) is 0. The molecule has 1 saturated heterocycles. The number of nitrogens with one attached hydrogen (secondary N) is 2. The molecule has 0 aromatic carbocycles. The molecule has 0 spiro atoms. The maximum Gasteiger partial charge on any atom is 0.212 e. The predicted molar refractivity (Wildman–Crippen MR) is 67.1 cm³/mol. The second-order valence-corrected chi connectivity index (χ2v) is 8.74. The molecule has 1 fully saturated rings. The number of hydrogen-bond donors (Lipinski definition) is 2. The average Bonchev–Trinajstić information content (AvgIpc) is 2.66. The van der Waals surface area contributed by atoms with Crippen LogP contribution < -0.4 is 10.0 Å². The Balaban J connectivity index is 2.48. The normalized spacial score (nSPS) is 23.8. The maximum atomic E-state index is 11.6. The SMILES string of the molecule is CC(NS(=O)(=O)CCS(C)(=O)=O)C1CCNC1. The zero-order valence-corrected chi connectivity index (χ0v) is 11.8. The molecule has 102 valence electrons. The molecule has 0 aliphatic carbocycles. The van der Waals surface area contributed by atoms with Gasteiger partial charge in [0.2, 0.25) is 10.0 Å². The van der Waals surface area contributed by atoms with E-state index in [9.17, 15) is 16.8 Å². The molecule has 0 radical (unpaired) electrons. The van der Waals surface area contributed by atoms with Gasteiger partial charge in [-0.1, -0.05) is 0 Å². The summed E-state index contributed by atoms with van der Waals surface area (Å²) in [6, 6.07) is -0.158. The van der Waals surface area contributed by atoms with Crippen LogP contribution in [0, 0.1) is 5.92 Å². The van der Waals surface area contributed by atoms with E-state index in [4.69, 9.17) is 0 Å². The van der Waals surface area contributed by atoms with Crippen LogP contribution in [0.3, 0.4) is 0 Å². The Morgan fingerprint density at radius 1 is 1.29 bits per heavy atom. The Morgan fingerprint density at radius 2 is 1.94 bits per heavy atom. The van der Waals surface area contributed by atoms with E-state index < -0.39 is 19.9 Å². The fraction of sp³-hybridized carbons (Fsp3) is 1.00. The van der Waals surface area contributed by atoms with Crippen LogP contribution in [-0.2, 0) is 19.9 Å². The summed E-state index contributed by atoms with van der Waals surface area (Å²) < 4.78 is 47.7. The molecule has 0 saturated carbocycles. The van der Waals surface area contributed by atoms with E-state index >= 15 is 0 Å². The predicted octanol–water partition coefficient (Wildman–Crippen LogP) is -1.05. The summed E-state index contributed by atoms with van der Waals surface area (Å²) in [5.74, 6) is -0.420. The molecule has 0 amide bonds. The average molecular weight is 284 g/mol. The summed E-state index contributed by atoms with van der Waals surface area (Å²) >= 11 is 0. The fourth-order valence-electron chi connectivity index (χ4n) is 1.80. The van der Waals surface area contributed by atoms with Crippen LogP contribution in [0.1, 0.15) is 13.3 Å². The molecule has 0 aromatic rings. The number of rotatable bonds is 6. The van der Waals surface area contributed by atoms with Crippen molar-refractivity contribution >= 4 is 19.9 Å². The lowest BCUT2D eigenvalue weighted by molar-refractivity contribution is 0.444. The minimum Gasteiger partial charge on any atom is -0.316 e. The Labute approximate surface area is 103 Å². The van der Waals surface area contributed by atoms with Crippen molar-refractivity contribution in [3.63, 3.8) is 0 Å². The van der Waals surface area contributed by atoms with E-state index in [1.165, 1.54) is 0 Å². The Hall–Kier alpha value is -0.180. The van der Waals surface area contributed by atoms with Crippen molar-refractivity contribution in [2.75, 3.05) is 30.9 Å². The van der Waals surface area contributed by atoms with Gasteiger partial charge in [-0.2, -0.15) is 0 Å². The van der Waals surface area contributed by atoms with Gasteiger partial charge in [0.15, 0.2) is 0 Å². The first kappa shape index (κ1) is 14.9. The van der Waals surface area contributed by atoms with Gasteiger partial charge < -0.3 is 5.32 Å². The van der Waals surface area contributed by atoms with Crippen LogP contribution in [0.4, 0.5) is 0 Å². The monoisotopic (exact) mass is 284 g/mol. The molecule has 8 heteroatoms. The third-order valence-corrected chi connectivity index (χ3v) is 5.57. The molecule has 1 aliphatic rings. The molecule has 2 unspecified atom stereocenters. The van der Waals surface area contributed by atoms with Crippen molar-refractivity contribution < 1.29 is 16.8 Å². The van der Waals surface area contributed by atoms with Crippen LogP contribution in [0.15, 0.2) is 0 Å². The number of sulfonamides is 1. The van der Waals surface area contributed by atoms with Crippen LogP contribution in [-0.4, -0.2) is 53.7 Å². The van der Waals surface area contributed by atoms with Gasteiger partial charge in [-0.3, -0.25) is 0 Å². The van der Waals surface area contributed by atoms with E-state index in [2.05, 4.69) is 10.0 Å². The second kappa shape index (κ2) is 5.64. The van der Waals surface area contributed by atoms with E-state index in [-0.39, 0.29) is 23.5 Å². The highest BCUT2D eigenvalue weighted by Crippen LogP contribution is 2.13. The summed E-state index contributed by atoms with van der Waals surface area (Å²) in [5, 5.41) is 3.16. The van der Waals surface area contributed by atoms with Crippen molar-refractivity contribution in [1.82, 2.24) is 10.0 Å². The smallest absolute Gasteiger partial charge is 0.212 e. The summed E-state index contributed by atoms with van der Waals surface area (Å²) in [6.45, 7) is 3.52. The van der Waals surface area contributed by atoms with Gasteiger partial charge in [0.25, 0.3) is 0 Å². The van der Waals surface area contributed by atoms with Gasteiger partial charge in [-0.05, 0) is 32.4 Å². The first-order valence-corrected chi connectivity index (χ1v) is 9.29.